The molecule has 2 aromatic heterocycles. The lowest BCUT2D eigenvalue weighted by atomic mass is 10.2. The van der Waals surface area contributed by atoms with Crippen molar-refractivity contribution >= 4 is 169 Å². The fraction of sp³-hybridized carbons (Fsp3) is 0.769. The van der Waals surface area contributed by atoms with Gasteiger partial charge in [0.25, 0.3) is 0 Å². The van der Waals surface area contributed by atoms with Gasteiger partial charge in [0.2, 0.25) is 32.8 Å². The van der Waals surface area contributed by atoms with Crippen molar-refractivity contribution in [3.8, 4) is 0 Å². The third kappa shape index (κ3) is 18.8. The molecule has 0 fully saturated rings. The van der Waals surface area contributed by atoms with Gasteiger partial charge in [-0.05, 0) is 36.0 Å². The van der Waals surface area contributed by atoms with Gasteiger partial charge < -0.3 is 42.8 Å². The first-order chi connectivity index (χ1) is 28.7. The number of halogens is 10. The molecular weight excluding hydrogens is 1110 g/mol. The maximum absolute atomic E-state index is 14.6. The van der Waals surface area contributed by atoms with Crippen molar-refractivity contribution < 1.29 is 70.1 Å². The minimum absolute atomic E-state index is 0.110. The fourth-order valence-corrected chi connectivity index (χ4v) is 12.2. The van der Waals surface area contributed by atoms with E-state index in [1.807, 2.05) is 0 Å². The molecule has 0 amide bonds. The quantitative estimate of drug-likeness (QED) is 0.0586. The molecule has 2 aromatic rings. The smallest absolute Gasteiger partial charge is 0.395 e. The average Bonchev–Trinajstić information content (AvgIpc) is 3.23. The van der Waals surface area contributed by atoms with Gasteiger partial charge in [0.1, 0.15) is 0 Å². The topological polar surface area (TPSA) is 291 Å². The first kappa shape index (κ1) is 58.5. The number of hydrogen-bond donors (Lipinski definition) is 4. The Labute approximate surface area is 399 Å². The minimum Gasteiger partial charge on any atom is -0.395 e. The van der Waals surface area contributed by atoms with Crippen LogP contribution in [0, 0.1) is 0 Å². The highest BCUT2D eigenvalue weighted by molar-refractivity contribution is 7.63. The van der Waals surface area contributed by atoms with Crippen molar-refractivity contribution in [2.45, 2.75) is 46.6 Å². The van der Waals surface area contributed by atoms with Crippen LogP contribution in [0.15, 0.2) is 0 Å². The monoisotopic (exact) mass is 1150 g/mol. The molecule has 2 heterocycles. The summed E-state index contributed by atoms with van der Waals surface area (Å²) >= 11 is 60.0. The van der Waals surface area contributed by atoms with E-state index < -0.39 is 137 Å². The van der Waals surface area contributed by atoms with Crippen LogP contribution in [0.25, 0.3) is 0 Å². The number of aromatic nitrogens is 6. The number of alkyl halides is 8. The van der Waals surface area contributed by atoms with Gasteiger partial charge in [-0.2, -0.15) is 29.9 Å². The van der Waals surface area contributed by atoms with E-state index in [9.17, 15) is 38.5 Å². The van der Waals surface area contributed by atoms with Crippen LogP contribution in [0.2, 0.25) is 10.6 Å². The van der Waals surface area contributed by atoms with Gasteiger partial charge in [0.05, 0.1) is 86.6 Å². The lowest BCUT2D eigenvalue weighted by molar-refractivity contribution is 0.122. The van der Waals surface area contributed by atoms with Crippen LogP contribution in [-0.2, 0) is 49.9 Å². The number of aliphatic hydroxyl groups is 3. The zero-order chi connectivity index (χ0) is 46.0. The molecule has 0 saturated heterocycles. The largest absolute Gasteiger partial charge is 0.398 e. The molecule has 0 aliphatic rings. The third-order valence-corrected chi connectivity index (χ3v) is 15.6. The van der Waals surface area contributed by atoms with Crippen LogP contribution >= 0.6 is 146 Å². The van der Waals surface area contributed by atoms with E-state index in [1.54, 1.807) is 0 Å². The average molecular weight is 1150 g/mol. The molecule has 0 aromatic carbocycles. The highest BCUT2D eigenvalue weighted by Crippen LogP contribution is 2.52. The predicted molar refractivity (Wildman–Crippen MR) is 232 cm³/mol. The molecule has 2 rings (SSSR count). The summed E-state index contributed by atoms with van der Waals surface area (Å²) in [6, 6.07) is 0. The molecule has 0 bridgehead atoms. The molecular formula is C26H38Cl10N6O15P4. The van der Waals surface area contributed by atoms with Crippen LogP contribution in [0.1, 0.15) is 12.8 Å². The highest BCUT2D eigenvalue weighted by Gasteiger charge is 2.43. The molecule has 9 unspecified atom stereocenters. The Balaban J connectivity index is 2.58. The Hall–Kier alpha value is 1.40. The molecule has 21 nitrogen and oxygen atoms in total. The molecule has 352 valence electrons. The molecule has 0 saturated carbocycles. The van der Waals surface area contributed by atoms with E-state index in [4.69, 9.17) is 148 Å². The third-order valence-electron chi connectivity index (χ3n) is 6.80. The maximum Gasteiger partial charge on any atom is 0.398 e. The Morgan fingerprint density at radius 3 is 1.30 bits per heavy atom. The second kappa shape index (κ2) is 28.7. The Kier molecular flexibility index (Phi) is 27.5. The number of rotatable bonds is 32. The summed E-state index contributed by atoms with van der Waals surface area (Å²) in [5.74, 6) is -0.550. The molecule has 35 heteroatoms. The highest BCUT2D eigenvalue weighted by atomic mass is 35.5. The van der Waals surface area contributed by atoms with Crippen molar-refractivity contribution in [2.24, 2.45) is 0 Å². The fourth-order valence-electron chi connectivity index (χ4n) is 4.00. The zero-order valence-corrected chi connectivity index (χ0v) is 42.0. The zero-order valence-electron chi connectivity index (χ0n) is 30.9. The second-order valence-corrected chi connectivity index (χ2v) is 23.3. The minimum atomic E-state index is -5.14. The van der Waals surface area contributed by atoms with Gasteiger partial charge in [-0.3, -0.25) is 27.3 Å². The first-order valence-corrected chi connectivity index (χ1v) is 27.7. The lowest BCUT2D eigenvalue weighted by Gasteiger charge is -2.27. The van der Waals surface area contributed by atoms with Gasteiger partial charge in [0, 0.05) is 23.5 Å². The van der Waals surface area contributed by atoms with Crippen LogP contribution in [0.4, 0.5) is 0 Å². The van der Waals surface area contributed by atoms with Crippen molar-refractivity contribution in [3.63, 3.8) is 0 Å². The second-order valence-electron chi connectivity index (χ2n) is 11.4. The maximum atomic E-state index is 14.6. The summed E-state index contributed by atoms with van der Waals surface area (Å²) in [5, 5.41) is 22.1. The van der Waals surface area contributed by atoms with Gasteiger partial charge in [0.15, 0.2) is 0 Å². The summed E-state index contributed by atoms with van der Waals surface area (Å²) in [6.07, 6.45) is -2.96. The lowest BCUT2D eigenvalue weighted by Crippen LogP contribution is -2.35. The van der Waals surface area contributed by atoms with Crippen molar-refractivity contribution in [1.29, 1.82) is 0 Å². The SMILES string of the molecule is O=P(O)(OC(CCCl)C(Cl)CO)c1nc(Cl)nc(P(=O)(OCC(Cl)COP(=O)(OCC(Cl)CO)c2nc(Cl)nc(P(=O)(OCCCl)OCCCl)n2)OC(CCCl)C(Cl)CO)n1. The number of aliphatic hydroxyl groups excluding tert-OH is 3. The molecule has 0 aliphatic heterocycles. The molecule has 0 radical (unpaired) electrons. The van der Waals surface area contributed by atoms with Crippen molar-refractivity contribution in [3.05, 3.63) is 10.6 Å². The number of hydrogen-bond acceptors (Lipinski definition) is 20. The summed E-state index contributed by atoms with van der Waals surface area (Å²) in [4.78, 5) is 33.5. The van der Waals surface area contributed by atoms with Crippen LogP contribution in [0.3, 0.4) is 0 Å². The van der Waals surface area contributed by atoms with Gasteiger partial charge in [-0.15, -0.1) is 92.8 Å². The van der Waals surface area contributed by atoms with E-state index in [0.717, 1.165) is 0 Å². The Bertz CT molecular complexity index is 1850. The molecule has 4 N–H and O–H groups in total. The van der Waals surface area contributed by atoms with E-state index in [0.29, 0.717) is 0 Å². The van der Waals surface area contributed by atoms with Crippen LogP contribution in [0.5, 0.6) is 0 Å². The Morgan fingerprint density at radius 2 is 0.869 bits per heavy atom. The summed E-state index contributed by atoms with van der Waals surface area (Å²) in [6.45, 7) is -5.10. The first-order valence-electron chi connectivity index (χ1n) is 16.9. The van der Waals surface area contributed by atoms with Gasteiger partial charge in [-0.1, -0.05) is 0 Å². The molecule has 9 atom stereocenters. The molecule has 0 aliphatic carbocycles. The van der Waals surface area contributed by atoms with Crippen molar-refractivity contribution in [1.82, 2.24) is 29.9 Å². The van der Waals surface area contributed by atoms with E-state index in [1.165, 1.54) is 0 Å². The van der Waals surface area contributed by atoms with E-state index in [-0.39, 0.29) is 49.6 Å². The standard InChI is InChI=1S/C26H38Cl10N6O15P4/c27-3-1-19(17(33)10-44)56-58(46,47)23-37-21(35)40-26(41-23)61(50,57-20(2-4-28)18(34)11-45)55-14-16(32)13-54-60(49,53-12-15(31)9-43)25-39-22(36)38-24(42-25)59(48,51-7-5-29)52-8-6-30/h15-20,43-45H,1-14H2,(H,46,47). The van der Waals surface area contributed by atoms with Crippen molar-refractivity contribution in [2.75, 3.05) is 76.4 Å². The van der Waals surface area contributed by atoms with Gasteiger partial charge in [-0.25, -0.2) is 0 Å². The Morgan fingerprint density at radius 1 is 0.492 bits per heavy atom. The van der Waals surface area contributed by atoms with E-state index in [2.05, 4.69) is 29.9 Å². The van der Waals surface area contributed by atoms with Crippen LogP contribution in [-0.4, -0.2) is 160 Å². The summed E-state index contributed by atoms with van der Waals surface area (Å²) in [5.41, 5.74) is -3.66. The number of nitrogens with zero attached hydrogens (tertiary/aromatic N) is 6. The normalized spacial score (nSPS) is 18.3. The summed E-state index contributed by atoms with van der Waals surface area (Å²) in [7, 11) is -19.5. The van der Waals surface area contributed by atoms with Crippen LogP contribution < -0.4 is 22.3 Å². The van der Waals surface area contributed by atoms with E-state index >= 15 is 0 Å². The van der Waals surface area contributed by atoms with Gasteiger partial charge >= 0.3 is 30.4 Å². The molecule has 0 spiro atoms. The molecule has 61 heavy (non-hydrogen) atoms. The predicted octanol–water partition coefficient (Wildman–Crippen LogP) is 4.32. The summed E-state index contributed by atoms with van der Waals surface area (Å²) < 4.78 is 94.1.